The van der Waals surface area contributed by atoms with Crippen LogP contribution in [0.5, 0.6) is 5.75 Å². The fourth-order valence-corrected chi connectivity index (χ4v) is 2.76. The van der Waals surface area contributed by atoms with Crippen LogP contribution in [-0.4, -0.2) is 30.1 Å². The molecule has 0 amide bonds. The molecule has 0 saturated heterocycles. The van der Waals surface area contributed by atoms with Crippen molar-refractivity contribution in [3.8, 4) is 5.75 Å². The Labute approximate surface area is 135 Å². The summed E-state index contributed by atoms with van der Waals surface area (Å²) < 4.78 is 5.52. The third-order valence-electron chi connectivity index (χ3n) is 3.54. The number of hydrogen-bond acceptors (Lipinski definition) is 4. The van der Waals surface area contributed by atoms with Crippen molar-refractivity contribution < 1.29 is 9.84 Å². The summed E-state index contributed by atoms with van der Waals surface area (Å²) in [7, 11) is 0. The maximum atomic E-state index is 9.56. The molecule has 0 spiro atoms. The summed E-state index contributed by atoms with van der Waals surface area (Å²) >= 11 is 12.5. The molecule has 2 N–H and O–H groups in total. The zero-order chi connectivity index (χ0) is 15.4. The predicted octanol–water partition coefficient (Wildman–Crippen LogP) is 3.48. The van der Waals surface area contributed by atoms with Gasteiger partial charge in [-0.2, -0.15) is 5.10 Å². The largest absolute Gasteiger partial charge is 0.488 e. The average molecular weight is 331 g/mol. The summed E-state index contributed by atoms with van der Waals surface area (Å²) in [5.74, 6) is 0.763. The molecule has 2 atom stereocenters. The summed E-state index contributed by atoms with van der Waals surface area (Å²) in [6.45, 7) is 5.07. The monoisotopic (exact) mass is 330 g/mol. The number of nitrogens with one attached hydrogen (secondary N) is 1. The van der Waals surface area contributed by atoms with E-state index in [0.29, 0.717) is 28.1 Å². The zero-order valence-corrected chi connectivity index (χ0v) is 13.7. The van der Waals surface area contributed by atoms with Gasteiger partial charge in [-0.25, -0.2) is 0 Å². The molecule has 1 aliphatic rings. The van der Waals surface area contributed by atoms with E-state index >= 15 is 0 Å². The molecular weight excluding hydrogens is 311 g/mol. The van der Waals surface area contributed by atoms with Crippen LogP contribution < -0.4 is 10.2 Å². The summed E-state index contributed by atoms with van der Waals surface area (Å²) in [6.07, 6.45) is 1.12. The van der Waals surface area contributed by atoms with Gasteiger partial charge in [0.25, 0.3) is 0 Å². The maximum absolute atomic E-state index is 9.56. The molecule has 4 nitrogen and oxygen atoms in total. The Balaban J connectivity index is 2.22. The van der Waals surface area contributed by atoms with Gasteiger partial charge in [0.2, 0.25) is 0 Å². The van der Waals surface area contributed by atoms with Crippen LogP contribution >= 0.6 is 23.2 Å². The lowest BCUT2D eigenvalue weighted by molar-refractivity contribution is 0.104. The fourth-order valence-electron chi connectivity index (χ4n) is 2.16. The highest BCUT2D eigenvalue weighted by Crippen LogP contribution is 2.35. The van der Waals surface area contributed by atoms with E-state index in [4.69, 9.17) is 27.9 Å². The summed E-state index contributed by atoms with van der Waals surface area (Å²) in [6, 6.07) is 3.62. The van der Waals surface area contributed by atoms with Gasteiger partial charge in [-0.3, -0.25) is 0 Å². The molecule has 1 aromatic carbocycles. The van der Waals surface area contributed by atoms with E-state index in [1.807, 2.05) is 19.1 Å². The van der Waals surface area contributed by atoms with E-state index in [-0.39, 0.29) is 6.61 Å². The first-order valence-electron chi connectivity index (χ1n) is 7.13. The van der Waals surface area contributed by atoms with Crippen molar-refractivity contribution >= 4 is 28.9 Å². The summed E-state index contributed by atoms with van der Waals surface area (Å²) in [5.41, 5.74) is 4.85. The number of aliphatic hydroxyl groups excluding tert-OH is 1. The van der Waals surface area contributed by atoms with E-state index in [1.165, 1.54) is 0 Å². The van der Waals surface area contributed by atoms with Gasteiger partial charge in [-0.1, -0.05) is 37.0 Å². The van der Waals surface area contributed by atoms with Gasteiger partial charge in [0.05, 0.1) is 21.9 Å². The number of benzene rings is 1. The summed E-state index contributed by atoms with van der Waals surface area (Å²) in [5, 5.41) is 14.8. The second-order valence-corrected chi connectivity index (χ2v) is 6.05. The number of ether oxygens (including phenoxy) is 1. The Bertz CT molecular complexity index is 511. The van der Waals surface area contributed by atoms with Crippen LogP contribution in [0.1, 0.15) is 32.3 Å². The van der Waals surface area contributed by atoms with Crippen molar-refractivity contribution in [2.24, 2.45) is 11.0 Å². The molecule has 1 aromatic rings. The minimum Gasteiger partial charge on any atom is -0.488 e. The van der Waals surface area contributed by atoms with E-state index in [9.17, 15) is 5.11 Å². The van der Waals surface area contributed by atoms with E-state index in [1.54, 1.807) is 0 Å². The SMILES string of the molecule is CCC(O)COc1c(Cl)cc(C2=NNCCC2C)cc1Cl. The standard InChI is InChI=1S/C15H20Cl2N2O2/c1-3-11(20)8-21-15-12(16)6-10(7-13(15)17)14-9(2)4-5-18-19-14/h6-7,9,11,18,20H,3-5,8H2,1-2H3. The first kappa shape index (κ1) is 16.4. The topological polar surface area (TPSA) is 53.9 Å². The average Bonchev–Trinajstić information content (AvgIpc) is 2.46. The second-order valence-electron chi connectivity index (χ2n) is 5.24. The van der Waals surface area contributed by atoms with Crippen LogP contribution in [0.15, 0.2) is 17.2 Å². The van der Waals surface area contributed by atoms with Gasteiger partial charge in [0.15, 0.2) is 5.75 Å². The number of nitrogens with zero attached hydrogens (tertiary/aromatic N) is 1. The zero-order valence-electron chi connectivity index (χ0n) is 12.2. The van der Waals surface area contributed by atoms with Crippen molar-refractivity contribution in [1.29, 1.82) is 0 Å². The van der Waals surface area contributed by atoms with Gasteiger partial charge in [0, 0.05) is 18.0 Å². The lowest BCUT2D eigenvalue weighted by Gasteiger charge is -2.21. The molecule has 2 rings (SSSR count). The van der Waals surface area contributed by atoms with Crippen LogP contribution in [0.25, 0.3) is 0 Å². The molecule has 0 radical (unpaired) electrons. The quantitative estimate of drug-likeness (QED) is 0.869. The normalized spacial score (nSPS) is 19.7. The highest BCUT2D eigenvalue weighted by atomic mass is 35.5. The Kier molecular flexibility index (Phi) is 5.73. The minimum atomic E-state index is -0.524. The Hall–Kier alpha value is -0.970. The van der Waals surface area contributed by atoms with Crippen molar-refractivity contribution in [1.82, 2.24) is 5.43 Å². The van der Waals surface area contributed by atoms with E-state index in [0.717, 1.165) is 24.2 Å². The van der Waals surface area contributed by atoms with Crippen molar-refractivity contribution in [3.63, 3.8) is 0 Å². The van der Waals surface area contributed by atoms with Gasteiger partial charge in [0.1, 0.15) is 6.61 Å². The Morgan fingerprint density at radius 3 is 2.67 bits per heavy atom. The first-order chi connectivity index (χ1) is 10.0. The van der Waals surface area contributed by atoms with Crippen LogP contribution in [0, 0.1) is 5.92 Å². The van der Waals surface area contributed by atoms with Gasteiger partial charge >= 0.3 is 0 Å². The number of halogens is 2. The molecule has 6 heteroatoms. The highest BCUT2D eigenvalue weighted by Gasteiger charge is 2.20. The molecule has 2 unspecified atom stereocenters. The van der Waals surface area contributed by atoms with Crippen molar-refractivity contribution in [2.45, 2.75) is 32.8 Å². The van der Waals surface area contributed by atoms with Crippen LogP contribution in [0.2, 0.25) is 10.0 Å². The first-order valence-corrected chi connectivity index (χ1v) is 7.89. The number of aliphatic hydroxyl groups is 1. The smallest absolute Gasteiger partial charge is 0.156 e. The summed E-state index contributed by atoms with van der Waals surface area (Å²) in [4.78, 5) is 0. The molecule has 116 valence electrons. The number of hydrazone groups is 1. The maximum Gasteiger partial charge on any atom is 0.156 e. The second kappa shape index (κ2) is 7.34. The lowest BCUT2D eigenvalue weighted by Crippen LogP contribution is -2.27. The molecule has 21 heavy (non-hydrogen) atoms. The predicted molar refractivity (Wildman–Crippen MR) is 86.6 cm³/mol. The van der Waals surface area contributed by atoms with Gasteiger partial charge in [-0.15, -0.1) is 0 Å². The molecule has 0 aliphatic carbocycles. The van der Waals surface area contributed by atoms with Crippen LogP contribution in [0.4, 0.5) is 0 Å². The fraction of sp³-hybridized carbons (Fsp3) is 0.533. The molecule has 0 aromatic heterocycles. The molecule has 1 heterocycles. The van der Waals surface area contributed by atoms with Crippen molar-refractivity contribution in [3.05, 3.63) is 27.7 Å². The lowest BCUT2D eigenvalue weighted by atomic mass is 9.94. The number of hydrogen-bond donors (Lipinski definition) is 2. The van der Waals surface area contributed by atoms with E-state index in [2.05, 4.69) is 17.5 Å². The highest BCUT2D eigenvalue weighted by molar-refractivity contribution is 6.37. The Morgan fingerprint density at radius 2 is 2.10 bits per heavy atom. The van der Waals surface area contributed by atoms with Crippen LogP contribution in [0.3, 0.4) is 0 Å². The van der Waals surface area contributed by atoms with Crippen molar-refractivity contribution in [2.75, 3.05) is 13.2 Å². The van der Waals surface area contributed by atoms with Crippen LogP contribution in [-0.2, 0) is 0 Å². The van der Waals surface area contributed by atoms with E-state index < -0.39 is 6.10 Å². The van der Waals surface area contributed by atoms with Gasteiger partial charge < -0.3 is 15.3 Å². The molecule has 0 fully saturated rings. The molecule has 0 bridgehead atoms. The van der Waals surface area contributed by atoms with Gasteiger partial charge in [-0.05, 0) is 25.0 Å². The molecule has 0 saturated carbocycles. The minimum absolute atomic E-state index is 0.175. The molecule has 1 aliphatic heterocycles. The third-order valence-corrected chi connectivity index (χ3v) is 4.10. The molecular formula is C15H20Cl2N2O2. The Morgan fingerprint density at radius 1 is 1.43 bits per heavy atom. The third kappa shape index (κ3) is 4.02. The number of rotatable bonds is 5.